The Morgan fingerprint density at radius 3 is 2.35 bits per heavy atom. The molecule has 1 N–H and O–H groups in total. The number of hydrogen-bond acceptors (Lipinski definition) is 1. The van der Waals surface area contributed by atoms with Gasteiger partial charge in [-0.15, -0.1) is 0 Å². The lowest BCUT2D eigenvalue weighted by Crippen LogP contribution is -2.13. The van der Waals surface area contributed by atoms with Crippen LogP contribution in [0.25, 0.3) is 0 Å². The van der Waals surface area contributed by atoms with Gasteiger partial charge in [0.05, 0.1) is 11.1 Å². The predicted molar refractivity (Wildman–Crippen MR) is 81.9 cm³/mol. The second-order valence-corrected chi connectivity index (χ2v) is 5.98. The summed E-state index contributed by atoms with van der Waals surface area (Å²) in [6, 6.07) is 12.8. The molecule has 0 aromatic heterocycles. The van der Waals surface area contributed by atoms with Crippen molar-refractivity contribution in [3.8, 4) is 0 Å². The van der Waals surface area contributed by atoms with Crippen molar-refractivity contribution in [2.24, 2.45) is 5.92 Å². The molecule has 3 rings (SSSR count). The summed E-state index contributed by atoms with van der Waals surface area (Å²) >= 11 is 11.6. The van der Waals surface area contributed by atoms with Gasteiger partial charge in [0.1, 0.15) is 5.82 Å². The van der Waals surface area contributed by atoms with Crippen LogP contribution in [0.2, 0.25) is 10.0 Å². The van der Waals surface area contributed by atoms with Gasteiger partial charge in [0.15, 0.2) is 0 Å². The van der Waals surface area contributed by atoms with Gasteiger partial charge in [-0.05, 0) is 54.7 Å². The summed E-state index contributed by atoms with van der Waals surface area (Å²) in [5.74, 6) is 0.192. The highest BCUT2D eigenvalue weighted by molar-refractivity contribution is 6.31. The lowest BCUT2D eigenvalue weighted by molar-refractivity contribution is 0.626. The van der Waals surface area contributed by atoms with E-state index in [9.17, 15) is 4.39 Å². The molecule has 1 aliphatic carbocycles. The molecule has 1 fully saturated rings. The minimum absolute atomic E-state index is 0.144. The molecule has 1 atom stereocenters. The van der Waals surface area contributed by atoms with E-state index in [2.05, 4.69) is 5.32 Å². The van der Waals surface area contributed by atoms with Crippen molar-refractivity contribution < 1.29 is 4.39 Å². The fourth-order valence-electron chi connectivity index (χ4n) is 2.34. The Labute approximate surface area is 127 Å². The highest BCUT2D eigenvalue weighted by Gasteiger charge is 2.32. The molecule has 0 saturated heterocycles. The van der Waals surface area contributed by atoms with Crippen LogP contribution in [0.3, 0.4) is 0 Å². The average molecular weight is 310 g/mol. The van der Waals surface area contributed by atoms with E-state index in [0.717, 1.165) is 10.7 Å². The zero-order chi connectivity index (χ0) is 14.1. The largest absolute Gasteiger partial charge is 0.378 e. The van der Waals surface area contributed by atoms with E-state index >= 15 is 0 Å². The Morgan fingerprint density at radius 1 is 1.05 bits per heavy atom. The van der Waals surface area contributed by atoms with Gasteiger partial charge in [-0.25, -0.2) is 4.39 Å². The van der Waals surface area contributed by atoms with Gasteiger partial charge in [0.25, 0.3) is 0 Å². The molecule has 0 amide bonds. The van der Waals surface area contributed by atoms with Crippen LogP contribution < -0.4 is 5.32 Å². The van der Waals surface area contributed by atoms with E-state index in [0.29, 0.717) is 5.92 Å². The Morgan fingerprint density at radius 2 is 1.75 bits per heavy atom. The zero-order valence-electron chi connectivity index (χ0n) is 10.7. The van der Waals surface area contributed by atoms with Crippen molar-refractivity contribution in [2.45, 2.75) is 18.9 Å². The predicted octanol–water partition coefficient (Wildman–Crippen LogP) is 5.70. The highest BCUT2D eigenvalue weighted by Crippen LogP contribution is 2.43. The standard InChI is InChI=1S/C16H14Cl2FN/c17-12-5-3-11(4-6-12)16(10-1-2-10)20-13-7-8-14(18)15(19)9-13/h3-10,16,20H,1-2H2. The van der Waals surface area contributed by atoms with E-state index in [-0.39, 0.29) is 11.1 Å². The van der Waals surface area contributed by atoms with E-state index in [1.807, 2.05) is 24.3 Å². The molecule has 2 aromatic carbocycles. The molecule has 20 heavy (non-hydrogen) atoms. The van der Waals surface area contributed by atoms with Crippen molar-refractivity contribution >= 4 is 28.9 Å². The maximum atomic E-state index is 13.5. The minimum atomic E-state index is -0.401. The molecule has 0 heterocycles. The number of anilines is 1. The van der Waals surface area contributed by atoms with Gasteiger partial charge in [0.2, 0.25) is 0 Å². The number of benzene rings is 2. The summed E-state index contributed by atoms with van der Waals surface area (Å²) < 4.78 is 13.5. The van der Waals surface area contributed by atoms with Crippen molar-refractivity contribution in [1.82, 2.24) is 0 Å². The second-order valence-electron chi connectivity index (χ2n) is 5.14. The van der Waals surface area contributed by atoms with Gasteiger partial charge < -0.3 is 5.32 Å². The first kappa shape index (κ1) is 13.7. The summed E-state index contributed by atoms with van der Waals surface area (Å²) in [5.41, 5.74) is 1.92. The van der Waals surface area contributed by atoms with Crippen LogP contribution >= 0.6 is 23.2 Å². The summed E-state index contributed by atoms with van der Waals surface area (Å²) in [5, 5.41) is 4.27. The van der Waals surface area contributed by atoms with Crippen molar-refractivity contribution in [3.63, 3.8) is 0 Å². The second kappa shape index (κ2) is 5.63. The molecular weight excluding hydrogens is 296 g/mol. The van der Waals surface area contributed by atoms with E-state index in [4.69, 9.17) is 23.2 Å². The summed E-state index contributed by atoms with van der Waals surface area (Å²) in [6.45, 7) is 0. The van der Waals surface area contributed by atoms with Crippen LogP contribution in [0.1, 0.15) is 24.4 Å². The molecule has 0 radical (unpaired) electrons. The molecule has 0 spiro atoms. The SMILES string of the molecule is Fc1cc(NC(c2ccc(Cl)cc2)C2CC2)ccc1Cl. The molecule has 2 aromatic rings. The quantitative estimate of drug-likeness (QED) is 0.764. The van der Waals surface area contributed by atoms with Gasteiger partial charge in [-0.1, -0.05) is 35.3 Å². The molecule has 4 heteroatoms. The molecule has 0 bridgehead atoms. The van der Waals surface area contributed by atoms with E-state index in [1.54, 1.807) is 12.1 Å². The summed E-state index contributed by atoms with van der Waals surface area (Å²) in [7, 11) is 0. The molecule has 0 aliphatic heterocycles. The third-order valence-electron chi connectivity index (χ3n) is 3.56. The summed E-state index contributed by atoms with van der Waals surface area (Å²) in [4.78, 5) is 0. The number of hydrogen-bond donors (Lipinski definition) is 1. The Balaban J connectivity index is 1.84. The molecular formula is C16H14Cl2FN. The third kappa shape index (κ3) is 3.08. The first-order chi connectivity index (χ1) is 9.63. The lowest BCUT2D eigenvalue weighted by Gasteiger charge is -2.20. The van der Waals surface area contributed by atoms with Crippen LogP contribution in [0.4, 0.5) is 10.1 Å². The van der Waals surface area contributed by atoms with E-state index < -0.39 is 5.82 Å². The molecule has 104 valence electrons. The summed E-state index contributed by atoms with van der Waals surface area (Å²) in [6.07, 6.45) is 2.38. The van der Waals surface area contributed by atoms with Gasteiger partial charge in [-0.2, -0.15) is 0 Å². The maximum Gasteiger partial charge on any atom is 0.143 e. The van der Waals surface area contributed by atoms with Crippen molar-refractivity contribution in [2.75, 3.05) is 5.32 Å². The van der Waals surface area contributed by atoms with Gasteiger partial charge >= 0.3 is 0 Å². The maximum absolute atomic E-state index is 13.5. The van der Waals surface area contributed by atoms with Crippen LogP contribution in [0.15, 0.2) is 42.5 Å². The normalized spacial score (nSPS) is 15.9. The van der Waals surface area contributed by atoms with E-state index in [1.165, 1.54) is 24.5 Å². The number of rotatable bonds is 4. The van der Waals surface area contributed by atoms with Crippen LogP contribution in [0, 0.1) is 11.7 Å². The minimum Gasteiger partial charge on any atom is -0.378 e. The number of nitrogens with one attached hydrogen (secondary N) is 1. The van der Waals surface area contributed by atoms with Gasteiger partial charge in [0, 0.05) is 10.7 Å². The van der Waals surface area contributed by atoms with Crippen molar-refractivity contribution in [1.29, 1.82) is 0 Å². The van der Waals surface area contributed by atoms with Crippen LogP contribution in [-0.2, 0) is 0 Å². The number of halogens is 3. The first-order valence-corrected chi connectivity index (χ1v) is 7.36. The Kier molecular flexibility index (Phi) is 3.86. The molecule has 1 unspecified atom stereocenters. The van der Waals surface area contributed by atoms with Crippen LogP contribution in [0.5, 0.6) is 0 Å². The van der Waals surface area contributed by atoms with Gasteiger partial charge in [-0.3, -0.25) is 0 Å². The topological polar surface area (TPSA) is 12.0 Å². The lowest BCUT2D eigenvalue weighted by atomic mass is 10.0. The third-order valence-corrected chi connectivity index (χ3v) is 4.12. The smallest absolute Gasteiger partial charge is 0.143 e. The fourth-order valence-corrected chi connectivity index (χ4v) is 2.58. The zero-order valence-corrected chi connectivity index (χ0v) is 12.3. The average Bonchev–Trinajstić information content (AvgIpc) is 3.26. The van der Waals surface area contributed by atoms with Crippen LogP contribution in [-0.4, -0.2) is 0 Å². The van der Waals surface area contributed by atoms with Crippen molar-refractivity contribution in [3.05, 3.63) is 63.9 Å². The fraction of sp³-hybridized carbons (Fsp3) is 0.250. The molecule has 1 nitrogen and oxygen atoms in total. The Bertz CT molecular complexity index is 608. The molecule has 1 saturated carbocycles. The molecule has 1 aliphatic rings. The Hall–Kier alpha value is -1.25. The first-order valence-electron chi connectivity index (χ1n) is 6.60. The monoisotopic (exact) mass is 309 g/mol. The highest BCUT2D eigenvalue weighted by atomic mass is 35.5.